The van der Waals surface area contributed by atoms with Crippen LogP contribution in [0.3, 0.4) is 0 Å². The summed E-state index contributed by atoms with van der Waals surface area (Å²) in [5, 5.41) is 0.488. The molecular weight excluding hydrogens is 262 g/mol. The maximum Gasteiger partial charge on any atom is 0.255 e. The van der Waals surface area contributed by atoms with Gasteiger partial charge in [0.25, 0.3) is 5.91 Å². The fraction of sp³-hybridized carbons (Fsp3) is 0.467. The van der Waals surface area contributed by atoms with Crippen LogP contribution in [0.4, 0.5) is 0 Å². The van der Waals surface area contributed by atoms with Gasteiger partial charge in [0, 0.05) is 24.9 Å². The van der Waals surface area contributed by atoms with Crippen molar-refractivity contribution in [3.63, 3.8) is 0 Å². The standard InChI is InChI=1S/C15H16ClNO2/c16-14-7-2-1-6-13(14)15(19)17-10-4-3-5-11(17)9-12(18)8-10/h1-2,6-7,10-11H,3-5,8-9H2. The van der Waals surface area contributed by atoms with Gasteiger partial charge in [-0.15, -0.1) is 0 Å². The van der Waals surface area contributed by atoms with Crippen molar-refractivity contribution >= 4 is 23.3 Å². The van der Waals surface area contributed by atoms with Crippen LogP contribution < -0.4 is 0 Å². The van der Waals surface area contributed by atoms with Gasteiger partial charge in [-0.1, -0.05) is 23.7 Å². The summed E-state index contributed by atoms with van der Waals surface area (Å²) in [4.78, 5) is 26.3. The summed E-state index contributed by atoms with van der Waals surface area (Å²) in [5.41, 5.74) is 0.551. The van der Waals surface area contributed by atoms with Gasteiger partial charge in [0.2, 0.25) is 0 Å². The molecule has 1 aromatic carbocycles. The predicted octanol–water partition coefficient (Wildman–Crippen LogP) is 3.07. The van der Waals surface area contributed by atoms with Crippen LogP contribution in [0.2, 0.25) is 5.02 Å². The molecule has 100 valence electrons. The van der Waals surface area contributed by atoms with Gasteiger partial charge in [-0.25, -0.2) is 0 Å². The number of Topliss-reactive ketones (excluding diaryl/α,β-unsaturated/α-hetero) is 1. The molecule has 0 aliphatic carbocycles. The minimum atomic E-state index is -0.0206. The molecule has 2 atom stereocenters. The van der Waals surface area contributed by atoms with Crippen LogP contribution >= 0.6 is 11.6 Å². The number of benzene rings is 1. The van der Waals surface area contributed by atoms with E-state index < -0.39 is 0 Å². The number of nitrogens with zero attached hydrogens (tertiary/aromatic N) is 1. The third kappa shape index (κ3) is 2.27. The lowest BCUT2D eigenvalue weighted by Crippen LogP contribution is -2.55. The number of piperidine rings is 2. The summed E-state index contributed by atoms with van der Waals surface area (Å²) in [5.74, 6) is 0.269. The highest BCUT2D eigenvalue weighted by molar-refractivity contribution is 6.33. The van der Waals surface area contributed by atoms with E-state index in [0.717, 1.165) is 19.3 Å². The van der Waals surface area contributed by atoms with Crippen LogP contribution in [-0.2, 0) is 4.79 Å². The van der Waals surface area contributed by atoms with Gasteiger partial charge in [-0.05, 0) is 31.4 Å². The molecule has 3 nitrogen and oxygen atoms in total. The van der Waals surface area contributed by atoms with Gasteiger partial charge < -0.3 is 4.90 Å². The summed E-state index contributed by atoms with van der Waals surface area (Å²) in [6, 6.07) is 7.28. The lowest BCUT2D eigenvalue weighted by atomic mass is 9.83. The molecule has 0 saturated carbocycles. The zero-order chi connectivity index (χ0) is 13.4. The van der Waals surface area contributed by atoms with Crippen molar-refractivity contribution in [2.75, 3.05) is 0 Å². The Morgan fingerprint density at radius 1 is 1.16 bits per heavy atom. The lowest BCUT2D eigenvalue weighted by Gasteiger charge is -2.45. The molecule has 1 amide bonds. The van der Waals surface area contributed by atoms with Crippen LogP contribution in [0.25, 0.3) is 0 Å². The number of hydrogen-bond acceptors (Lipinski definition) is 2. The lowest BCUT2D eigenvalue weighted by molar-refractivity contribution is -0.125. The molecule has 2 unspecified atom stereocenters. The topological polar surface area (TPSA) is 37.4 Å². The average Bonchev–Trinajstić information content (AvgIpc) is 2.37. The van der Waals surface area contributed by atoms with Crippen molar-refractivity contribution in [1.29, 1.82) is 0 Å². The molecule has 0 aromatic heterocycles. The highest BCUT2D eigenvalue weighted by atomic mass is 35.5. The molecule has 19 heavy (non-hydrogen) atoms. The summed E-state index contributed by atoms with van der Waals surface area (Å²) in [6.45, 7) is 0. The minimum absolute atomic E-state index is 0.0206. The normalized spacial score (nSPS) is 26.4. The van der Waals surface area contributed by atoms with Crippen LogP contribution in [0.1, 0.15) is 42.5 Å². The SMILES string of the molecule is O=C1CC2CCCC(C1)N2C(=O)c1ccccc1Cl. The molecule has 2 heterocycles. The molecule has 2 bridgehead atoms. The first-order valence-electron chi connectivity index (χ1n) is 6.75. The van der Waals surface area contributed by atoms with Crippen molar-refractivity contribution in [1.82, 2.24) is 4.90 Å². The number of fused-ring (bicyclic) bond motifs is 2. The van der Waals surface area contributed by atoms with E-state index in [1.165, 1.54) is 0 Å². The summed E-state index contributed by atoms with van der Waals surface area (Å²) in [7, 11) is 0. The molecule has 4 heteroatoms. The predicted molar refractivity (Wildman–Crippen MR) is 73.3 cm³/mol. The van der Waals surface area contributed by atoms with Crippen molar-refractivity contribution in [3.8, 4) is 0 Å². The van der Waals surface area contributed by atoms with Crippen molar-refractivity contribution in [2.45, 2.75) is 44.2 Å². The Hall–Kier alpha value is -1.35. The van der Waals surface area contributed by atoms with Gasteiger partial charge in [-0.2, -0.15) is 0 Å². The average molecular weight is 278 g/mol. The fourth-order valence-electron chi connectivity index (χ4n) is 3.28. The van der Waals surface area contributed by atoms with E-state index in [-0.39, 0.29) is 23.8 Å². The monoisotopic (exact) mass is 277 g/mol. The zero-order valence-electron chi connectivity index (χ0n) is 10.6. The number of hydrogen-bond donors (Lipinski definition) is 0. The molecule has 2 fully saturated rings. The molecule has 0 spiro atoms. The Morgan fingerprint density at radius 2 is 1.79 bits per heavy atom. The van der Waals surface area contributed by atoms with E-state index >= 15 is 0 Å². The van der Waals surface area contributed by atoms with E-state index in [1.54, 1.807) is 12.1 Å². The fourth-order valence-corrected chi connectivity index (χ4v) is 3.50. The number of rotatable bonds is 1. The Kier molecular flexibility index (Phi) is 3.31. The smallest absolute Gasteiger partial charge is 0.255 e. The van der Waals surface area contributed by atoms with Gasteiger partial charge in [0.15, 0.2) is 0 Å². The number of ketones is 1. The Bertz CT molecular complexity index is 513. The summed E-state index contributed by atoms with van der Waals surface area (Å²) >= 11 is 6.11. The number of halogens is 1. The van der Waals surface area contributed by atoms with E-state index in [1.807, 2.05) is 17.0 Å². The second-order valence-electron chi connectivity index (χ2n) is 5.38. The van der Waals surface area contributed by atoms with Crippen molar-refractivity contribution < 1.29 is 9.59 Å². The van der Waals surface area contributed by atoms with E-state index in [0.29, 0.717) is 23.4 Å². The number of amides is 1. The Labute approximate surface area is 117 Å². The van der Waals surface area contributed by atoms with E-state index in [4.69, 9.17) is 11.6 Å². The van der Waals surface area contributed by atoms with Crippen molar-refractivity contribution in [3.05, 3.63) is 34.9 Å². The highest BCUT2D eigenvalue weighted by Crippen LogP contribution is 2.34. The van der Waals surface area contributed by atoms with Crippen LogP contribution in [0, 0.1) is 0 Å². The first kappa shape index (κ1) is 12.7. The number of carbonyl (C=O) groups is 2. The quantitative estimate of drug-likeness (QED) is 0.791. The van der Waals surface area contributed by atoms with E-state index in [2.05, 4.69) is 0 Å². The van der Waals surface area contributed by atoms with E-state index in [9.17, 15) is 9.59 Å². The second-order valence-corrected chi connectivity index (χ2v) is 5.78. The van der Waals surface area contributed by atoms with Gasteiger partial charge >= 0.3 is 0 Å². The minimum Gasteiger partial charge on any atom is -0.332 e. The van der Waals surface area contributed by atoms with Crippen LogP contribution in [0.15, 0.2) is 24.3 Å². The highest BCUT2D eigenvalue weighted by Gasteiger charge is 2.40. The van der Waals surface area contributed by atoms with Gasteiger partial charge in [-0.3, -0.25) is 9.59 Å². The largest absolute Gasteiger partial charge is 0.332 e. The molecule has 3 rings (SSSR count). The maximum atomic E-state index is 12.7. The molecule has 0 N–H and O–H groups in total. The van der Waals surface area contributed by atoms with Crippen LogP contribution in [0.5, 0.6) is 0 Å². The first-order valence-corrected chi connectivity index (χ1v) is 7.13. The summed E-state index contributed by atoms with van der Waals surface area (Å²) < 4.78 is 0. The molecular formula is C15H16ClNO2. The van der Waals surface area contributed by atoms with Gasteiger partial charge in [0.05, 0.1) is 10.6 Å². The Morgan fingerprint density at radius 3 is 2.42 bits per heavy atom. The summed E-state index contributed by atoms with van der Waals surface area (Å²) in [6.07, 6.45) is 3.98. The molecule has 2 saturated heterocycles. The molecule has 0 radical (unpaired) electrons. The first-order chi connectivity index (χ1) is 9.16. The molecule has 1 aromatic rings. The zero-order valence-corrected chi connectivity index (χ0v) is 11.4. The van der Waals surface area contributed by atoms with Gasteiger partial charge in [0.1, 0.15) is 5.78 Å². The molecule has 2 aliphatic rings. The third-order valence-corrected chi connectivity index (χ3v) is 4.46. The van der Waals surface area contributed by atoms with Crippen molar-refractivity contribution in [2.24, 2.45) is 0 Å². The second kappa shape index (κ2) is 4.97. The third-order valence-electron chi connectivity index (χ3n) is 4.13. The molecule has 2 aliphatic heterocycles. The number of carbonyl (C=O) groups excluding carboxylic acids is 2. The Balaban J connectivity index is 1.91. The van der Waals surface area contributed by atoms with Crippen LogP contribution in [-0.4, -0.2) is 28.7 Å². The maximum absolute atomic E-state index is 12.7.